The Balaban J connectivity index is 1.82. The summed E-state index contributed by atoms with van der Waals surface area (Å²) in [6.07, 6.45) is -0.716. The number of anilines is 1. The number of nitrogens with one attached hydrogen (secondary N) is 2. The Bertz CT molecular complexity index is 1200. The van der Waals surface area contributed by atoms with Crippen LogP contribution in [0.1, 0.15) is 28.4 Å². The predicted molar refractivity (Wildman–Crippen MR) is 129 cm³/mol. The molecule has 0 aromatic heterocycles. The van der Waals surface area contributed by atoms with Gasteiger partial charge in [0, 0.05) is 28.7 Å². The Kier molecular flexibility index (Phi) is 8.69. The largest absolute Gasteiger partial charge is 0.497 e. The van der Waals surface area contributed by atoms with Gasteiger partial charge in [0.1, 0.15) is 17.7 Å². The van der Waals surface area contributed by atoms with Gasteiger partial charge in [-0.3, -0.25) is 10.1 Å². The molecule has 3 aromatic rings. The normalized spacial score (nSPS) is 13.2. The molecule has 0 aliphatic heterocycles. The Morgan fingerprint density at radius 3 is 2.37 bits per heavy atom. The van der Waals surface area contributed by atoms with Gasteiger partial charge in [0.05, 0.1) is 7.11 Å². The zero-order valence-corrected chi connectivity index (χ0v) is 19.3. The summed E-state index contributed by atoms with van der Waals surface area (Å²) in [5, 5.41) is 5.27. The highest BCUT2D eigenvalue weighted by Crippen LogP contribution is 2.20. The van der Waals surface area contributed by atoms with E-state index in [2.05, 4.69) is 15.6 Å². The van der Waals surface area contributed by atoms with Crippen LogP contribution in [0.25, 0.3) is 0 Å². The molecular formula is C24H23ClF3N5O2. The molecule has 0 aliphatic carbocycles. The second-order valence-electron chi connectivity index (χ2n) is 7.53. The first-order valence-corrected chi connectivity index (χ1v) is 10.7. The number of methoxy groups -OCH3 is 1. The summed E-state index contributed by atoms with van der Waals surface area (Å²) in [4.78, 5) is 16.9. The number of aliphatic imine (C=N–C) groups is 1. The van der Waals surface area contributed by atoms with Crippen molar-refractivity contribution in [2.24, 2.45) is 16.5 Å². The number of nitrogens with two attached hydrogens (primary N) is 2. The number of nitrogens with zero attached hydrogens (tertiary/aromatic N) is 1. The van der Waals surface area contributed by atoms with Gasteiger partial charge in [0.2, 0.25) is 5.96 Å². The maximum absolute atomic E-state index is 13.8. The minimum absolute atomic E-state index is 0.101. The molecule has 0 heterocycles. The lowest BCUT2D eigenvalue weighted by Crippen LogP contribution is -2.38. The van der Waals surface area contributed by atoms with Gasteiger partial charge in [-0.25, -0.2) is 18.2 Å². The first-order chi connectivity index (χ1) is 16.6. The average molecular weight is 506 g/mol. The fourth-order valence-electron chi connectivity index (χ4n) is 3.14. The van der Waals surface area contributed by atoms with Crippen LogP contribution >= 0.6 is 11.6 Å². The zero-order valence-electron chi connectivity index (χ0n) is 18.6. The molecule has 0 saturated carbocycles. The summed E-state index contributed by atoms with van der Waals surface area (Å²) < 4.78 is 45.7. The van der Waals surface area contributed by atoms with Crippen molar-refractivity contribution in [3.8, 4) is 5.75 Å². The van der Waals surface area contributed by atoms with E-state index in [0.29, 0.717) is 5.75 Å². The smallest absolute Gasteiger partial charge is 0.258 e. The SMILES string of the molecule is COc1ccc(C(N)CC(N)N=C(NC(=O)c2ccc(F)c(F)c2)Nc2cc(F)cc(Cl)c2)cc1. The number of halogens is 4. The summed E-state index contributed by atoms with van der Waals surface area (Å²) >= 11 is 5.90. The molecule has 0 radical (unpaired) electrons. The minimum Gasteiger partial charge on any atom is -0.497 e. The molecule has 7 nitrogen and oxygen atoms in total. The quantitative estimate of drug-likeness (QED) is 0.282. The van der Waals surface area contributed by atoms with Gasteiger partial charge >= 0.3 is 0 Å². The van der Waals surface area contributed by atoms with E-state index in [1.807, 2.05) is 0 Å². The number of amides is 1. The van der Waals surface area contributed by atoms with Crippen LogP contribution in [0.3, 0.4) is 0 Å². The first-order valence-electron chi connectivity index (χ1n) is 10.4. The van der Waals surface area contributed by atoms with Gasteiger partial charge < -0.3 is 21.5 Å². The number of carbonyl (C=O) groups excluding carboxylic acids is 1. The molecule has 11 heteroatoms. The number of guanidine groups is 1. The van der Waals surface area contributed by atoms with Crippen molar-refractivity contribution in [1.29, 1.82) is 0 Å². The van der Waals surface area contributed by atoms with Gasteiger partial charge in [-0.05, 0) is 54.1 Å². The Labute approximate surface area is 204 Å². The highest BCUT2D eigenvalue weighted by Gasteiger charge is 2.16. The van der Waals surface area contributed by atoms with Crippen molar-refractivity contribution in [1.82, 2.24) is 5.32 Å². The summed E-state index contributed by atoms with van der Waals surface area (Å²) in [5.74, 6) is -3.22. The molecule has 0 fully saturated rings. The van der Waals surface area contributed by atoms with E-state index in [4.69, 9.17) is 27.8 Å². The van der Waals surface area contributed by atoms with Gasteiger partial charge in [-0.2, -0.15) is 0 Å². The van der Waals surface area contributed by atoms with Crippen molar-refractivity contribution in [2.75, 3.05) is 12.4 Å². The number of ether oxygens (including phenoxy) is 1. The molecule has 0 bridgehead atoms. The molecule has 0 spiro atoms. The third-order valence-electron chi connectivity index (χ3n) is 4.87. The molecule has 2 atom stereocenters. The number of carbonyl (C=O) groups is 1. The van der Waals surface area contributed by atoms with E-state index in [9.17, 15) is 18.0 Å². The molecule has 3 rings (SSSR count). The number of benzene rings is 3. The van der Waals surface area contributed by atoms with E-state index >= 15 is 0 Å². The van der Waals surface area contributed by atoms with Crippen LogP contribution < -0.4 is 26.8 Å². The molecular weight excluding hydrogens is 483 g/mol. The minimum atomic E-state index is -1.19. The van der Waals surface area contributed by atoms with Gasteiger partial charge in [0.15, 0.2) is 11.6 Å². The zero-order chi connectivity index (χ0) is 25.5. The summed E-state index contributed by atoms with van der Waals surface area (Å²) in [6, 6.07) is 12.9. The van der Waals surface area contributed by atoms with Crippen LogP contribution in [0.15, 0.2) is 65.7 Å². The van der Waals surface area contributed by atoms with E-state index in [1.165, 1.54) is 6.07 Å². The lowest BCUT2D eigenvalue weighted by Gasteiger charge is -2.18. The van der Waals surface area contributed by atoms with Gasteiger partial charge in [-0.15, -0.1) is 0 Å². The second-order valence-corrected chi connectivity index (χ2v) is 7.96. The Morgan fingerprint density at radius 2 is 1.74 bits per heavy atom. The number of hydrogen-bond acceptors (Lipinski definition) is 5. The van der Waals surface area contributed by atoms with E-state index in [0.717, 1.165) is 35.9 Å². The van der Waals surface area contributed by atoms with Crippen molar-refractivity contribution >= 4 is 29.2 Å². The Morgan fingerprint density at radius 1 is 1.03 bits per heavy atom. The topological polar surface area (TPSA) is 115 Å². The third-order valence-corrected chi connectivity index (χ3v) is 5.09. The van der Waals surface area contributed by atoms with Gasteiger partial charge in [0.25, 0.3) is 5.91 Å². The molecule has 35 heavy (non-hydrogen) atoms. The maximum Gasteiger partial charge on any atom is 0.258 e. The van der Waals surface area contributed by atoms with Crippen molar-refractivity contribution < 1.29 is 22.7 Å². The van der Waals surface area contributed by atoms with E-state index in [-0.39, 0.29) is 28.7 Å². The highest BCUT2D eigenvalue weighted by molar-refractivity contribution is 6.31. The van der Waals surface area contributed by atoms with E-state index < -0.39 is 35.6 Å². The summed E-state index contributed by atoms with van der Waals surface area (Å²) in [7, 11) is 1.55. The van der Waals surface area contributed by atoms with Gasteiger partial charge in [-0.1, -0.05) is 23.7 Å². The standard InChI is InChI=1S/C24H23ClF3N5O2/c1-35-18-5-2-13(3-6-18)21(29)12-22(30)32-24(31-17-10-15(25)9-16(26)11-17)33-23(34)14-4-7-19(27)20(28)8-14/h2-11,21-22H,12,29-30H2,1H3,(H2,31,32,33,34). The van der Waals surface area contributed by atoms with Crippen LogP contribution in [0, 0.1) is 17.5 Å². The van der Waals surface area contributed by atoms with Crippen molar-refractivity contribution in [3.63, 3.8) is 0 Å². The predicted octanol–water partition coefficient (Wildman–Crippen LogP) is 4.34. The molecule has 184 valence electrons. The number of rotatable bonds is 7. The van der Waals surface area contributed by atoms with Crippen LogP contribution in [0.4, 0.5) is 18.9 Å². The second kappa shape index (κ2) is 11.7. The van der Waals surface area contributed by atoms with Crippen LogP contribution in [-0.2, 0) is 0 Å². The molecule has 6 N–H and O–H groups in total. The molecule has 0 aliphatic rings. The number of hydrogen-bond donors (Lipinski definition) is 4. The summed E-state index contributed by atoms with van der Waals surface area (Å²) in [5.41, 5.74) is 13.2. The summed E-state index contributed by atoms with van der Waals surface area (Å²) in [6.45, 7) is 0. The van der Waals surface area contributed by atoms with Crippen molar-refractivity contribution in [2.45, 2.75) is 18.6 Å². The van der Waals surface area contributed by atoms with E-state index in [1.54, 1.807) is 31.4 Å². The third kappa shape index (κ3) is 7.44. The Hall–Kier alpha value is -3.60. The molecule has 3 aromatic carbocycles. The maximum atomic E-state index is 13.8. The fourth-order valence-corrected chi connectivity index (χ4v) is 3.36. The molecule has 2 unspecified atom stereocenters. The molecule has 0 saturated heterocycles. The first kappa shape index (κ1) is 26.0. The average Bonchev–Trinajstić information content (AvgIpc) is 2.80. The van der Waals surface area contributed by atoms with Crippen LogP contribution in [0.5, 0.6) is 5.75 Å². The monoisotopic (exact) mass is 505 g/mol. The van der Waals surface area contributed by atoms with Crippen LogP contribution in [0.2, 0.25) is 5.02 Å². The molecule has 1 amide bonds. The highest BCUT2D eigenvalue weighted by atomic mass is 35.5. The van der Waals surface area contributed by atoms with Crippen LogP contribution in [-0.4, -0.2) is 25.1 Å². The fraction of sp³-hybridized carbons (Fsp3) is 0.167. The van der Waals surface area contributed by atoms with Crippen molar-refractivity contribution in [3.05, 3.63) is 94.3 Å². The lowest BCUT2D eigenvalue weighted by atomic mass is 10.0. The lowest BCUT2D eigenvalue weighted by molar-refractivity contribution is 0.0976.